The van der Waals surface area contributed by atoms with Gasteiger partial charge in [-0.2, -0.15) is 4.98 Å². The van der Waals surface area contributed by atoms with Gasteiger partial charge in [0.05, 0.1) is 19.5 Å². The van der Waals surface area contributed by atoms with Crippen molar-refractivity contribution in [3.05, 3.63) is 36.7 Å². The number of nitrogens with zero attached hydrogens (tertiary/aromatic N) is 2. The molecule has 0 aliphatic heterocycles. The van der Waals surface area contributed by atoms with Gasteiger partial charge in [-0.1, -0.05) is 6.07 Å². The maximum Gasteiger partial charge on any atom is 0.233 e. The molecule has 1 aromatic carbocycles. The zero-order valence-corrected chi connectivity index (χ0v) is 10.7. The Morgan fingerprint density at radius 1 is 1.32 bits per heavy atom. The van der Waals surface area contributed by atoms with Crippen molar-refractivity contribution in [1.82, 2.24) is 9.97 Å². The Labute approximate surface area is 111 Å². The number of anilines is 2. The van der Waals surface area contributed by atoms with E-state index in [1.54, 1.807) is 19.5 Å². The van der Waals surface area contributed by atoms with Gasteiger partial charge in [0.2, 0.25) is 5.88 Å². The summed E-state index contributed by atoms with van der Waals surface area (Å²) in [6, 6.07) is 7.55. The van der Waals surface area contributed by atoms with E-state index in [9.17, 15) is 0 Å². The molecule has 6 nitrogen and oxygen atoms in total. The van der Waals surface area contributed by atoms with Crippen LogP contribution >= 0.6 is 0 Å². The number of nitrogens with two attached hydrogens (primary N) is 1. The van der Waals surface area contributed by atoms with Gasteiger partial charge in [0, 0.05) is 18.3 Å². The smallest absolute Gasteiger partial charge is 0.233 e. The topological polar surface area (TPSA) is 82.3 Å². The molecule has 19 heavy (non-hydrogen) atoms. The highest BCUT2D eigenvalue weighted by atomic mass is 16.5. The zero-order valence-electron chi connectivity index (χ0n) is 10.7. The van der Waals surface area contributed by atoms with Crippen LogP contribution in [0.15, 0.2) is 36.7 Å². The molecular weight excluding hydrogens is 244 g/mol. The SMILES string of the molecule is COc1cncc(Nc2cccc(OCCN)c2)n1. The van der Waals surface area contributed by atoms with E-state index in [2.05, 4.69) is 15.3 Å². The van der Waals surface area contributed by atoms with Gasteiger partial charge in [-0.25, -0.2) is 0 Å². The fourth-order valence-electron chi connectivity index (χ4n) is 1.49. The van der Waals surface area contributed by atoms with Crippen molar-refractivity contribution in [3.63, 3.8) is 0 Å². The Morgan fingerprint density at radius 2 is 2.21 bits per heavy atom. The summed E-state index contributed by atoms with van der Waals surface area (Å²) in [5, 5.41) is 3.13. The van der Waals surface area contributed by atoms with E-state index in [0.29, 0.717) is 24.8 Å². The molecule has 3 N–H and O–H groups in total. The fraction of sp³-hybridized carbons (Fsp3) is 0.231. The zero-order chi connectivity index (χ0) is 13.5. The van der Waals surface area contributed by atoms with Crippen molar-refractivity contribution in [3.8, 4) is 11.6 Å². The van der Waals surface area contributed by atoms with E-state index in [-0.39, 0.29) is 0 Å². The monoisotopic (exact) mass is 260 g/mol. The van der Waals surface area contributed by atoms with E-state index in [1.807, 2.05) is 24.3 Å². The quantitative estimate of drug-likeness (QED) is 0.820. The third kappa shape index (κ3) is 3.82. The number of nitrogens with one attached hydrogen (secondary N) is 1. The molecule has 100 valence electrons. The van der Waals surface area contributed by atoms with Gasteiger partial charge in [-0.15, -0.1) is 0 Å². The van der Waals surface area contributed by atoms with E-state index in [4.69, 9.17) is 15.2 Å². The average molecular weight is 260 g/mol. The highest BCUT2D eigenvalue weighted by molar-refractivity contribution is 5.57. The van der Waals surface area contributed by atoms with Gasteiger partial charge in [0.15, 0.2) is 5.82 Å². The van der Waals surface area contributed by atoms with Crippen molar-refractivity contribution in [1.29, 1.82) is 0 Å². The van der Waals surface area contributed by atoms with Crippen LogP contribution in [0, 0.1) is 0 Å². The summed E-state index contributed by atoms with van der Waals surface area (Å²) in [6.45, 7) is 0.974. The molecule has 1 aromatic heterocycles. The second kappa shape index (κ2) is 6.55. The van der Waals surface area contributed by atoms with Crippen LogP contribution in [0.4, 0.5) is 11.5 Å². The number of hydrogen-bond donors (Lipinski definition) is 2. The number of hydrogen-bond acceptors (Lipinski definition) is 6. The second-order valence-corrected chi connectivity index (χ2v) is 3.74. The number of benzene rings is 1. The van der Waals surface area contributed by atoms with Crippen LogP contribution in [0.25, 0.3) is 0 Å². The normalized spacial score (nSPS) is 10.0. The molecular formula is C13H16N4O2. The van der Waals surface area contributed by atoms with Crippen LogP contribution in [0.5, 0.6) is 11.6 Å². The number of methoxy groups -OCH3 is 1. The third-order valence-electron chi connectivity index (χ3n) is 2.31. The van der Waals surface area contributed by atoms with Crippen LogP contribution in [0.3, 0.4) is 0 Å². The van der Waals surface area contributed by atoms with Gasteiger partial charge in [0.1, 0.15) is 12.4 Å². The van der Waals surface area contributed by atoms with E-state index in [1.165, 1.54) is 0 Å². The van der Waals surface area contributed by atoms with E-state index < -0.39 is 0 Å². The Bertz CT molecular complexity index is 534. The fourth-order valence-corrected chi connectivity index (χ4v) is 1.49. The molecule has 0 bridgehead atoms. The summed E-state index contributed by atoms with van der Waals surface area (Å²) >= 11 is 0. The molecule has 0 fully saturated rings. The largest absolute Gasteiger partial charge is 0.492 e. The standard InChI is InChI=1S/C13H16N4O2/c1-18-13-9-15-8-12(17-13)16-10-3-2-4-11(7-10)19-6-5-14/h2-4,7-9H,5-6,14H2,1H3,(H,16,17). The van der Waals surface area contributed by atoms with Gasteiger partial charge in [0.25, 0.3) is 0 Å². The summed E-state index contributed by atoms with van der Waals surface area (Å²) in [5.41, 5.74) is 6.26. The van der Waals surface area contributed by atoms with Gasteiger partial charge in [-0.05, 0) is 12.1 Å². The Hall–Kier alpha value is -2.34. The van der Waals surface area contributed by atoms with E-state index in [0.717, 1.165) is 11.4 Å². The molecule has 6 heteroatoms. The molecule has 0 aliphatic rings. The predicted molar refractivity (Wildman–Crippen MR) is 72.9 cm³/mol. The molecule has 2 rings (SSSR count). The first kappa shape index (κ1) is 13.1. The first-order valence-electron chi connectivity index (χ1n) is 5.88. The van der Waals surface area contributed by atoms with Crippen molar-refractivity contribution in [2.45, 2.75) is 0 Å². The Balaban J connectivity index is 2.09. The molecule has 0 atom stereocenters. The lowest BCUT2D eigenvalue weighted by Crippen LogP contribution is -2.10. The lowest BCUT2D eigenvalue weighted by molar-refractivity contribution is 0.328. The van der Waals surface area contributed by atoms with Gasteiger partial charge in [-0.3, -0.25) is 4.98 Å². The molecule has 0 saturated carbocycles. The molecule has 0 saturated heterocycles. The Kier molecular flexibility index (Phi) is 4.52. The molecule has 1 heterocycles. The summed E-state index contributed by atoms with van der Waals surface area (Å²) < 4.78 is 10.5. The van der Waals surface area contributed by atoms with Gasteiger partial charge >= 0.3 is 0 Å². The van der Waals surface area contributed by atoms with Crippen LogP contribution < -0.4 is 20.5 Å². The summed E-state index contributed by atoms with van der Waals surface area (Å²) in [7, 11) is 1.55. The number of ether oxygens (including phenoxy) is 2. The van der Waals surface area contributed by atoms with Crippen LogP contribution in [0.2, 0.25) is 0 Å². The second-order valence-electron chi connectivity index (χ2n) is 3.74. The van der Waals surface area contributed by atoms with E-state index >= 15 is 0 Å². The first-order valence-corrected chi connectivity index (χ1v) is 5.88. The predicted octanol–water partition coefficient (Wildman–Crippen LogP) is 1.57. The van der Waals surface area contributed by atoms with Crippen molar-refractivity contribution < 1.29 is 9.47 Å². The maximum atomic E-state index is 5.45. The summed E-state index contributed by atoms with van der Waals surface area (Å²) in [4.78, 5) is 8.25. The van der Waals surface area contributed by atoms with Crippen LogP contribution in [0.1, 0.15) is 0 Å². The Morgan fingerprint density at radius 3 is 3.00 bits per heavy atom. The van der Waals surface area contributed by atoms with Crippen molar-refractivity contribution >= 4 is 11.5 Å². The minimum absolute atomic E-state index is 0.459. The minimum Gasteiger partial charge on any atom is -0.492 e. The molecule has 0 spiro atoms. The number of aromatic nitrogens is 2. The molecule has 0 unspecified atom stereocenters. The lowest BCUT2D eigenvalue weighted by Gasteiger charge is -2.09. The van der Waals surface area contributed by atoms with Crippen molar-refractivity contribution in [2.75, 3.05) is 25.6 Å². The van der Waals surface area contributed by atoms with Gasteiger partial charge < -0.3 is 20.5 Å². The molecule has 0 aliphatic carbocycles. The van der Waals surface area contributed by atoms with Crippen LogP contribution in [-0.4, -0.2) is 30.2 Å². The average Bonchev–Trinajstić information content (AvgIpc) is 2.46. The minimum atomic E-state index is 0.459. The number of rotatable bonds is 6. The first-order chi connectivity index (χ1) is 9.31. The third-order valence-corrected chi connectivity index (χ3v) is 2.31. The molecule has 0 radical (unpaired) electrons. The molecule has 2 aromatic rings. The highest BCUT2D eigenvalue weighted by Crippen LogP contribution is 2.20. The summed E-state index contributed by atoms with van der Waals surface area (Å²) in [5.74, 6) is 1.82. The lowest BCUT2D eigenvalue weighted by atomic mass is 10.3. The summed E-state index contributed by atoms with van der Waals surface area (Å²) in [6.07, 6.45) is 3.17. The maximum absolute atomic E-state index is 5.45. The highest BCUT2D eigenvalue weighted by Gasteiger charge is 2.01. The van der Waals surface area contributed by atoms with Crippen molar-refractivity contribution in [2.24, 2.45) is 5.73 Å². The van der Waals surface area contributed by atoms with Crippen LogP contribution in [-0.2, 0) is 0 Å². The molecule has 0 amide bonds.